The highest BCUT2D eigenvalue weighted by Gasteiger charge is 2.48. The van der Waals surface area contributed by atoms with Crippen LogP contribution in [0.3, 0.4) is 0 Å². The molecule has 3 aliphatic rings. The van der Waals surface area contributed by atoms with Crippen LogP contribution in [0.1, 0.15) is 49.7 Å². The van der Waals surface area contributed by atoms with Gasteiger partial charge in [0.25, 0.3) is 0 Å². The Hall–Kier alpha value is -3.24. The van der Waals surface area contributed by atoms with Crippen LogP contribution >= 0.6 is 0 Å². The molecule has 2 amide bonds. The molecule has 204 valence electrons. The second-order valence-electron chi connectivity index (χ2n) is 11.0. The predicted octanol–water partition coefficient (Wildman–Crippen LogP) is 4.33. The topological polar surface area (TPSA) is 78.4 Å². The molecule has 0 unspecified atom stereocenters. The lowest BCUT2D eigenvalue weighted by Crippen LogP contribution is -2.45. The largest absolute Gasteiger partial charge is 0.419 e. The molecule has 1 N–H and O–H groups in total. The van der Waals surface area contributed by atoms with Gasteiger partial charge in [0.1, 0.15) is 5.82 Å². The maximum absolute atomic E-state index is 13.6. The second-order valence-corrected chi connectivity index (χ2v) is 11.0. The standard InChI is InChI=1S/C27H31F4N5O2/c1-26(8-9-26)24(38)35-10-6-18(7-11-35)23(37)36-15-19(22(16-36)17-2-4-21(28)5-3-17)12-32-25-33-13-20(14-34-25)27(29,30)31/h2-5,13-14,18-19,22H,6-12,15-16H2,1H3,(H,32,33,34)/t19-,22+/m0/s1. The van der Waals surface area contributed by atoms with Crippen LogP contribution in [0.5, 0.6) is 0 Å². The molecule has 3 fully saturated rings. The number of halogens is 4. The van der Waals surface area contributed by atoms with Gasteiger partial charge in [0.05, 0.1) is 5.56 Å². The zero-order valence-corrected chi connectivity index (χ0v) is 21.2. The van der Waals surface area contributed by atoms with Gasteiger partial charge < -0.3 is 15.1 Å². The van der Waals surface area contributed by atoms with E-state index in [0.29, 0.717) is 45.6 Å². The molecule has 2 aromatic rings. The number of nitrogens with one attached hydrogen (secondary N) is 1. The van der Waals surface area contributed by atoms with E-state index < -0.39 is 11.7 Å². The number of hydrogen-bond donors (Lipinski definition) is 1. The average molecular weight is 534 g/mol. The quantitative estimate of drug-likeness (QED) is 0.560. The molecule has 38 heavy (non-hydrogen) atoms. The summed E-state index contributed by atoms with van der Waals surface area (Å²) >= 11 is 0. The number of aromatic nitrogens is 2. The number of carbonyl (C=O) groups excluding carboxylic acids is 2. The van der Waals surface area contributed by atoms with Crippen LogP contribution in [0.15, 0.2) is 36.7 Å². The monoisotopic (exact) mass is 533 g/mol. The number of anilines is 1. The Morgan fingerprint density at radius 2 is 1.66 bits per heavy atom. The summed E-state index contributed by atoms with van der Waals surface area (Å²) in [5.74, 6) is -0.363. The first-order valence-electron chi connectivity index (χ1n) is 13.0. The van der Waals surface area contributed by atoms with Gasteiger partial charge in [-0.25, -0.2) is 14.4 Å². The minimum Gasteiger partial charge on any atom is -0.354 e. The fraction of sp³-hybridized carbons (Fsp3) is 0.556. The number of carbonyl (C=O) groups is 2. The molecule has 2 saturated heterocycles. The summed E-state index contributed by atoms with van der Waals surface area (Å²) in [4.78, 5) is 37.4. The lowest BCUT2D eigenvalue weighted by molar-refractivity contribution is -0.142. The lowest BCUT2D eigenvalue weighted by Gasteiger charge is -2.34. The summed E-state index contributed by atoms with van der Waals surface area (Å²) in [7, 11) is 0. The zero-order chi connectivity index (χ0) is 27.1. The summed E-state index contributed by atoms with van der Waals surface area (Å²) < 4.78 is 52.0. The van der Waals surface area contributed by atoms with Crippen molar-refractivity contribution in [3.63, 3.8) is 0 Å². The highest BCUT2D eigenvalue weighted by atomic mass is 19.4. The molecule has 1 saturated carbocycles. The molecule has 7 nitrogen and oxygen atoms in total. The van der Waals surface area contributed by atoms with Crippen LogP contribution < -0.4 is 5.32 Å². The predicted molar refractivity (Wildman–Crippen MR) is 131 cm³/mol. The van der Waals surface area contributed by atoms with Gasteiger partial charge in [-0.15, -0.1) is 0 Å². The Morgan fingerprint density at radius 1 is 1.03 bits per heavy atom. The van der Waals surface area contributed by atoms with Crippen molar-refractivity contribution in [3.05, 3.63) is 53.6 Å². The van der Waals surface area contributed by atoms with Gasteiger partial charge in [0, 0.05) is 68.3 Å². The van der Waals surface area contributed by atoms with Crippen molar-refractivity contribution in [1.29, 1.82) is 0 Å². The van der Waals surface area contributed by atoms with Crippen molar-refractivity contribution < 1.29 is 27.2 Å². The fourth-order valence-corrected chi connectivity index (χ4v) is 5.50. The first-order chi connectivity index (χ1) is 18.0. The van der Waals surface area contributed by atoms with Crippen molar-refractivity contribution in [1.82, 2.24) is 19.8 Å². The van der Waals surface area contributed by atoms with Crippen LogP contribution in [0.25, 0.3) is 0 Å². The molecule has 0 bridgehead atoms. The van der Waals surface area contributed by atoms with Crippen molar-refractivity contribution in [2.45, 2.75) is 44.7 Å². The van der Waals surface area contributed by atoms with E-state index in [1.54, 1.807) is 12.1 Å². The average Bonchev–Trinajstić information content (AvgIpc) is 3.52. The lowest BCUT2D eigenvalue weighted by atomic mass is 9.89. The number of piperidine rings is 1. The molecular formula is C27H31F4N5O2. The summed E-state index contributed by atoms with van der Waals surface area (Å²) in [6, 6.07) is 6.18. The number of benzene rings is 1. The Labute approximate surface area is 218 Å². The zero-order valence-electron chi connectivity index (χ0n) is 21.2. The number of nitrogens with zero attached hydrogens (tertiary/aromatic N) is 4. The third-order valence-corrected chi connectivity index (χ3v) is 8.20. The van der Waals surface area contributed by atoms with Gasteiger partial charge in [0.2, 0.25) is 17.8 Å². The highest BCUT2D eigenvalue weighted by Crippen LogP contribution is 2.47. The van der Waals surface area contributed by atoms with E-state index >= 15 is 0 Å². The molecule has 0 radical (unpaired) electrons. The Bertz CT molecular complexity index is 1160. The third kappa shape index (κ3) is 5.61. The maximum Gasteiger partial charge on any atom is 0.419 e. The van der Waals surface area contributed by atoms with Gasteiger partial charge >= 0.3 is 6.18 Å². The van der Waals surface area contributed by atoms with E-state index in [-0.39, 0.29) is 46.7 Å². The van der Waals surface area contributed by atoms with Gasteiger partial charge in [0.15, 0.2) is 0 Å². The minimum absolute atomic E-state index is 0.0510. The molecule has 2 atom stereocenters. The molecule has 11 heteroatoms. The normalized spacial score (nSPS) is 23.4. The van der Waals surface area contributed by atoms with Gasteiger partial charge in [-0.3, -0.25) is 9.59 Å². The Balaban J connectivity index is 1.23. The summed E-state index contributed by atoms with van der Waals surface area (Å²) in [5.41, 5.74) is -0.255. The molecular weight excluding hydrogens is 502 g/mol. The van der Waals surface area contributed by atoms with Crippen LogP contribution in [0.4, 0.5) is 23.5 Å². The van der Waals surface area contributed by atoms with Crippen molar-refractivity contribution >= 4 is 17.8 Å². The van der Waals surface area contributed by atoms with Crippen molar-refractivity contribution in [2.75, 3.05) is 38.0 Å². The number of hydrogen-bond acceptors (Lipinski definition) is 5. The molecule has 0 spiro atoms. The summed E-state index contributed by atoms with van der Waals surface area (Å²) in [6.45, 7) is 4.40. The van der Waals surface area contributed by atoms with Crippen molar-refractivity contribution in [3.8, 4) is 0 Å². The molecule has 3 heterocycles. The number of amides is 2. The van der Waals surface area contributed by atoms with E-state index in [2.05, 4.69) is 15.3 Å². The van der Waals surface area contributed by atoms with E-state index in [9.17, 15) is 27.2 Å². The number of likely N-dealkylation sites (tertiary alicyclic amines) is 2. The Morgan fingerprint density at radius 3 is 2.24 bits per heavy atom. The SMILES string of the molecule is CC1(C(=O)N2CCC(C(=O)N3C[C@H](CNc4ncc(C(F)(F)F)cn4)[C@@H](c4ccc(F)cc4)C3)CC2)CC1. The fourth-order valence-electron chi connectivity index (χ4n) is 5.50. The number of rotatable bonds is 6. The molecule has 1 aromatic carbocycles. The highest BCUT2D eigenvalue weighted by molar-refractivity contribution is 5.85. The molecule has 1 aliphatic carbocycles. The van der Waals surface area contributed by atoms with Gasteiger partial charge in [-0.05, 0) is 43.4 Å². The summed E-state index contributed by atoms with van der Waals surface area (Å²) in [6.07, 6.45) is 0.0570. The Kier molecular flexibility index (Phi) is 7.04. The van der Waals surface area contributed by atoms with Crippen LogP contribution in [-0.4, -0.2) is 64.3 Å². The van der Waals surface area contributed by atoms with E-state index in [4.69, 9.17) is 0 Å². The van der Waals surface area contributed by atoms with E-state index in [0.717, 1.165) is 30.8 Å². The minimum atomic E-state index is -4.52. The van der Waals surface area contributed by atoms with Crippen molar-refractivity contribution in [2.24, 2.45) is 17.3 Å². The van der Waals surface area contributed by atoms with Crippen LogP contribution in [0.2, 0.25) is 0 Å². The smallest absolute Gasteiger partial charge is 0.354 e. The van der Waals surface area contributed by atoms with E-state index in [1.807, 2.05) is 16.7 Å². The third-order valence-electron chi connectivity index (χ3n) is 8.20. The second kappa shape index (κ2) is 10.1. The molecule has 5 rings (SSSR count). The summed E-state index contributed by atoms with van der Waals surface area (Å²) in [5, 5.41) is 3.01. The van der Waals surface area contributed by atoms with Crippen LogP contribution in [0, 0.1) is 23.1 Å². The first-order valence-corrected chi connectivity index (χ1v) is 13.0. The molecule has 1 aromatic heterocycles. The van der Waals surface area contributed by atoms with E-state index in [1.165, 1.54) is 12.1 Å². The maximum atomic E-state index is 13.6. The van der Waals surface area contributed by atoms with Crippen LogP contribution in [-0.2, 0) is 15.8 Å². The molecule has 2 aliphatic heterocycles. The first kappa shape index (κ1) is 26.4. The van der Waals surface area contributed by atoms with Gasteiger partial charge in [-0.2, -0.15) is 13.2 Å². The number of alkyl halides is 3. The van der Waals surface area contributed by atoms with Gasteiger partial charge in [-0.1, -0.05) is 19.1 Å².